The maximum atomic E-state index is 14.4. The largest absolute Gasteiger partial charge is 0.497 e. The number of hydrogen-bond donors (Lipinski definition) is 1. The molecule has 3 heterocycles. The van der Waals surface area contributed by atoms with Crippen LogP contribution < -0.4 is 19.9 Å². The van der Waals surface area contributed by atoms with Gasteiger partial charge in [-0.05, 0) is 55.3 Å². The molecule has 0 saturated carbocycles. The van der Waals surface area contributed by atoms with E-state index in [4.69, 9.17) is 4.74 Å². The fourth-order valence-electron chi connectivity index (χ4n) is 6.03. The van der Waals surface area contributed by atoms with Crippen molar-refractivity contribution >= 4 is 27.6 Å². The van der Waals surface area contributed by atoms with Crippen molar-refractivity contribution in [1.29, 1.82) is 0 Å². The molecule has 1 aromatic heterocycles. The number of rotatable bonds is 9. The Balaban J connectivity index is 1.23. The minimum atomic E-state index is -4.50. The van der Waals surface area contributed by atoms with Crippen LogP contribution in [-0.4, -0.2) is 74.5 Å². The zero-order valence-electron chi connectivity index (χ0n) is 26.5. The van der Waals surface area contributed by atoms with Crippen LogP contribution in [0.25, 0.3) is 11.3 Å². The van der Waals surface area contributed by atoms with Gasteiger partial charge in [0.05, 0.1) is 41.2 Å². The lowest BCUT2D eigenvalue weighted by Gasteiger charge is -2.36. The monoisotopic (exact) mass is 698 g/mol. The molecule has 0 aliphatic carbocycles. The Labute approximate surface area is 281 Å². The highest BCUT2D eigenvalue weighted by atomic mass is 32.2. The lowest BCUT2D eigenvalue weighted by Crippen LogP contribution is -2.47. The number of alkyl halides is 3. The van der Waals surface area contributed by atoms with Gasteiger partial charge in [-0.15, -0.1) is 0 Å². The summed E-state index contributed by atoms with van der Waals surface area (Å²) in [6.07, 6.45) is -3.68. The van der Waals surface area contributed by atoms with E-state index in [0.29, 0.717) is 73.4 Å². The van der Waals surface area contributed by atoms with Crippen LogP contribution in [0.3, 0.4) is 0 Å². The van der Waals surface area contributed by atoms with Crippen molar-refractivity contribution in [3.63, 3.8) is 0 Å². The van der Waals surface area contributed by atoms with E-state index in [-0.39, 0.29) is 23.8 Å². The molecule has 0 unspecified atom stereocenters. The van der Waals surface area contributed by atoms with Crippen molar-refractivity contribution in [3.8, 4) is 17.0 Å². The topological polar surface area (TPSA) is 108 Å². The van der Waals surface area contributed by atoms with Crippen molar-refractivity contribution in [3.05, 3.63) is 95.9 Å². The van der Waals surface area contributed by atoms with Gasteiger partial charge < -0.3 is 19.9 Å². The summed E-state index contributed by atoms with van der Waals surface area (Å²) >= 11 is 0. The maximum absolute atomic E-state index is 14.4. The first-order valence-electron chi connectivity index (χ1n) is 15.7. The normalized spacial score (nSPS) is 17.3. The average molecular weight is 699 g/mol. The number of ether oxygens (including phenoxy) is 1. The van der Waals surface area contributed by atoms with Crippen LogP contribution in [-0.2, 0) is 27.5 Å². The van der Waals surface area contributed by atoms with Crippen molar-refractivity contribution in [2.45, 2.75) is 36.5 Å². The van der Waals surface area contributed by atoms with E-state index in [2.05, 4.69) is 15.3 Å². The average Bonchev–Trinajstić information content (AvgIpc) is 3.62. The second kappa shape index (κ2) is 14.0. The molecule has 2 fully saturated rings. The van der Waals surface area contributed by atoms with Crippen LogP contribution in [0.1, 0.15) is 24.1 Å². The molecule has 2 aliphatic rings. The zero-order chi connectivity index (χ0) is 34.8. The lowest BCUT2D eigenvalue weighted by atomic mass is 10.1. The summed E-state index contributed by atoms with van der Waals surface area (Å²) in [7, 11) is -2.57. The number of halogens is 4. The SMILES string of the molecule is COc1cccc(S(=O)(=O)N2CCC[C@H]2C(=O)NCc2cc(-c3ccc(C(F)(F)F)cc3)nc(N3CCN(c4ccccc4F)CC3)n2)c1. The van der Waals surface area contributed by atoms with Gasteiger partial charge >= 0.3 is 6.18 Å². The minimum Gasteiger partial charge on any atom is -0.497 e. The number of aromatic nitrogens is 2. The molecule has 1 N–H and O–H groups in total. The molecule has 0 bridgehead atoms. The number of carbonyl (C=O) groups is 1. The maximum Gasteiger partial charge on any atom is 0.416 e. The number of carbonyl (C=O) groups excluding carboxylic acids is 1. The second-order valence-corrected chi connectivity index (χ2v) is 13.6. The van der Waals surface area contributed by atoms with E-state index < -0.39 is 33.7 Å². The highest BCUT2D eigenvalue weighted by molar-refractivity contribution is 7.89. The van der Waals surface area contributed by atoms with Gasteiger partial charge in [0, 0.05) is 44.4 Å². The van der Waals surface area contributed by atoms with Gasteiger partial charge in [-0.3, -0.25) is 4.79 Å². The summed E-state index contributed by atoms with van der Waals surface area (Å²) in [5.41, 5.74) is 0.833. The molecule has 2 saturated heterocycles. The first-order valence-corrected chi connectivity index (χ1v) is 17.1. The standard InChI is InChI=1S/C34H34F4N6O4S/c1-48-26-6-4-7-27(21-26)49(46,47)44-15-5-10-31(44)32(45)39-22-25-20-29(23-11-13-24(14-12-23)34(36,37)38)41-33(40-25)43-18-16-42(17-19-43)30-9-3-2-8-28(30)35/h2-4,6-9,11-14,20-21,31H,5,10,15-19,22H2,1H3,(H,39,45)/t31-/m0/s1. The summed E-state index contributed by atoms with van der Waals surface area (Å²) in [4.78, 5) is 26.6. The van der Waals surface area contributed by atoms with Gasteiger partial charge in [-0.1, -0.05) is 30.3 Å². The van der Waals surface area contributed by atoms with Crippen molar-refractivity contribution in [2.24, 2.45) is 0 Å². The summed E-state index contributed by atoms with van der Waals surface area (Å²) in [5.74, 6) is -0.151. The highest BCUT2D eigenvalue weighted by Gasteiger charge is 2.39. The molecular formula is C34H34F4N6O4S. The Hall–Kier alpha value is -4.76. The van der Waals surface area contributed by atoms with Crippen LogP contribution in [0.4, 0.5) is 29.2 Å². The fraction of sp³-hybridized carbons (Fsp3) is 0.324. The predicted molar refractivity (Wildman–Crippen MR) is 175 cm³/mol. The number of piperazine rings is 1. The smallest absolute Gasteiger partial charge is 0.416 e. The van der Waals surface area contributed by atoms with Gasteiger partial charge in [0.1, 0.15) is 17.6 Å². The van der Waals surface area contributed by atoms with Crippen molar-refractivity contribution in [2.75, 3.05) is 49.6 Å². The number of nitrogens with one attached hydrogen (secondary N) is 1. The van der Waals surface area contributed by atoms with Gasteiger partial charge in [0.25, 0.3) is 0 Å². The number of para-hydroxylation sites is 1. The predicted octanol–water partition coefficient (Wildman–Crippen LogP) is 5.11. The zero-order valence-corrected chi connectivity index (χ0v) is 27.3. The van der Waals surface area contributed by atoms with Crippen molar-refractivity contribution in [1.82, 2.24) is 19.6 Å². The van der Waals surface area contributed by atoms with Crippen LogP contribution in [0, 0.1) is 5.82 Å². The molecule has 2 aliphatic heterocycles. The second-order valence-electron chi connectivity index (χ2n) is 11.7. The van der Waals surface area contributed by atoms with Gasteiger partial charge in [0.15, 0.2) is 0 Å². The third kappa shape index (κ3) is 7.47. The minimum absolute atomic E-state index is 0.0169. The molecule has 10 nitrogen and oxygen atoms in total. The molecular weight excluding hydrogens is 664 g/mol. The number of methoxy groups -OCH3 is 1. The van der Waals surface area contributed by atoms with E-state index in [1.54, 1.807) is 36.4 Å². The number of amides is 1. The molecule has 6 rings (SSSR count). The first-order chi connectivity index (χ1) is 23.4. The molecule has 49 heavy (non-hydrogen) atoms. The molecule has 0 radical (unpaired) electrons. The molecule has 1 atom stereocenters. The van der Waals surface area contributed by atoms with Crippen LogP contribution >= 0.6 is 0 Å². The van der Waals surface area contributed by atoms with E-state index in [1.807, 2.05) is 9.80 Å². The third-order valence-corrected chi connectivity index (χ3v) is 10.5. The fourth-order valence-corrected chi connectivity index (χ4v) is 7.72. The molecule has 258 valence electrons. The van der Waals surface area contributed by atoms with E-state index >= 15 is 0 Å². The molecule has 4 aromatic rings. The number of sulfonamides is 1. The summed E-state index contributed by atoms with van der Waals surface area (Å²) < 4.78 is 87.6. The van der Waals surface area contributed by atoms with E-state index in [1.165, 1.54) is 41.7 Å². The summed E-state index contributed by atoms with van der Waals surface area (Å²) in [5, 5.41) is 2.81. The molecule has 3 aromatic carbocycles. The number of hydrogen-bond acceptors (Lipinski definition) is 8. The van der Waals surface area contributed by atoms with Crippen LogP contribution in [0.2, 0.25) is 0 Å². The molecule has 15 heteroatoms. The highest BCUT2D eigenvalue weighted by Crippen LogP contribution is 2.32. The van der Waals surface area contributed by atoms with E-state index in [0.717, 1.165) is 12.1 Å². The molecule has 0 spiro atoms. The van der Waals surface area contributed by atoms with Gasteiger partial charge in [0.2, 0.25) is 21.9 Å². The Morgan fingerprint density at radius 3 is 2.33 bits per heavy atom. The van der Waals surface area contributed by atoms with E-state index in [9.17, 15) is 30.8 Å². The van der Waals surface area contributed by atoms with Gasteiger partial charge in [-0.2, -0.15) is 17.5 Å². The number of anilines is 2. The first kappa shape index (κ1) is 34.1. The van der Waals surface area contributed by atoms with Crippen LogP contribution in [0.5, 0.6) is 5.75 Å². The van der Waals surface area contributed by atoms with Crippen molar-refractivity contribution < 1.29 is 35.5 Å². The number of nitrogens with zero attached hydrogens (tertiary/aromatic N) is 5. The Morgan fingerprint density at radius 2 is 1.63 bits per heavy atom. The Bertz CT molecular complexity index is 1920. The van der Waals surface area contributed by atoms with Crippen LogP contribution in [0.15, 0.2) is 83.8 Å². The van der Waals surface area contributed by atoms with Gasteiger partial charge in [-0.25, -0.2) is 22.8 Å². The lowest BCUT2D eigenvalue weighted by molar-refractivity contribution is -0.137. The summed E-state index contributed by atoms with van der Waals surface area (Å²) in [6, 6.07) is 17.8. The quantitative estimate of drug-likeness (QED) is 0.241. The summed E-state index contributed by atoms with van der Waals surface area (Å²) in [6.45, 7) is 1.92. The third-order valence-electron chi connectivity index (χ3n) is 8.63. The number of benzene rings is 3. The Morgan fingerprint density at radius 1 is 0.918 bits per heavy atom. The Kier molecular flexibility index (Phi) is 9.75. The molecule has 1 amide bonds.